The first-order valence-electron chi connectivity index (χ1n) is 6.42. The van der Waals surface area contributed by atoms with Crippen molar-refractivity contribution in [3.63, 3.8) is 0 Å². The number of likely N-dealkylation sites (N-methyl/N-ethyl adjacent to an activating group) is 1. The molecule has 2 rings (SSSR count). The molecule has 0 aromatic heterocycles. The second-order valence-corrected chi connectivity index (χ2v) is 4.96. The number of nitrogens with two attached hydrogens (primary N) is 1. The van der Waals surface area contributed by atoms with E-state index in [4.69, 9.17) is 5.73 Å². The summed E-state index contributed by atoms with van der Waals surface area (Å²) in [6.07, 6.45) is 0. The lowest BCUT2D eigenvalue weighted by molar-refractivity contribution is 0.119. The van der Waals surface area contributed by atoms with Gasteiger partial charge in [0, 0.05) is 38.8 Å². The molecule has 3 heteroatoms. The van der Waals surface area contributed by atoms with E-state index in [9.17, 15) is 0 Å². The summed E-state index contributed by atoms with van der Waals surface area (Å²) in [5, 5.41) is 0. The van der Waals surface area contributed by atoms with E-state index in [2.05, 4.69) is 48.0 Å². The second-order valence-electron chi connectivity index (χ2n) is 4.96. The number of rotatable bonds is 3. The lowest BCUT2D eigenvalue weighted by atomic mass is 10.0. The summed E-state index contributed by atoms with van der Waals surface area (Å²) in [6, 6.07) is 9.22. The maximum atomic E-state index is 5.62. The molecule has 2 N–H and O–H groups in total. The van der Waals surface area contributed by atoms with Crippen molar-refractivity contribution in [3.05, 3.63) is 35.4 Å². The van der Waals surface area contributed by atoms with Crippen LogP contribution in [0.25, 0.3) is 0 Å². The van der Waals surface area contributed by atoms with Crippen molar-refractivity contribution in [3.8, 4) is 0 Å². The minimum atomic E-state index is 0.510. The fourth-order valence-electron chi connectivity index (χ4n) is 2.35. The van der Waals surface area contributed by atoms with Gasteiger partial charge in [0.25, 0.3) is 0 Å². The zero-order valence-corrected chi connectivity index (χ0v) is 10.9. The van der Waals surface area contributed by atoms with Crippen LogP contribution in [0.15, 0.2) is 24.3 Å². The summed E-state index contributed by atoms with van der Waals surface area (Å²) in [6.45, 7) is 7.59. The second kappa shape index (κ2) is 5.63. The van der Waals surface area contributed by atoms with Crippen molar-refractivity contribution in [2.75, 3.05) is 33.2 Å². The van der Waals surface area contributed by atoms with Crippen LogP contribution in [0.2, 0.25) is 0 Å². The van der Waals surface area contributed by atoms with Gasteiger partial charge in [0.2, 0.25) is 0 Å². The molecule has 94 valence electrons. The Balaban J connectivity index is 2.00. The van der Waals surface area contributed by atoms with Gasteiger partial charge in [0.1, 0.15) is 0 Å². The van der Waals surface area contributed by atoms with Crippen LogP contribution >= 0.6 is 0 Å². The summed E-state index contributed by atoms with van der Waals surface area (Å²) >= 11 is 0. The Morgan fingerprint density at radius 1 is 1.12 bits per heavy atom. The Morgan fingerprint density at radius 3 is 2.24 bits per heavy atom. The van der Waals surface area contributed by atoms with Crippen molar-refractivity contribution >= 4 is 0 Å². The first-order valence-corrected chi connectivity index (χ1v) is 6.42. The maximum absolute atomic E-state index is 5.62. The molecule has 1 aliphatic rings. The molecule has 0 saturated carbocycles. The Bertz CT molecular complexity index is 339. The minimum Gasteiger partial charge on any atom is -0.326 e. The fraction of sp³-hybridized carbons (Fsp3) is 0.571. The van der Waals surface area contributed by atoms with E-state index in [-0.39, 0.29) is 0 Å². The molecule has 1 aliphatic heterocycles. The van der Waals surface area contributed by atoms with E-state index in [1.807, 2.05) is 0 Å². The van der Waals surface area contributed by atoms with Gasteiger partial charge >= 0.3 is 0 Å². The number of hydrogen-bond donors (Lipinski definition) is 1. The maximum Gasteiger partial charge on any atom is 0.0320 e. The van der Waals surface area contributed by atoms with Gasteiger partial charge in [-0.25, -0.2) is 0 Å². The lowest BCUT2D eigenvalue weighted by Crippen LogP contribution is -2.45. The smallest absolute Gasteiger partial charge is 0.0320 e. The lowest BCUT2D eigenvalue weighted by Gasteiger charge is -2.36. The number of piperazine rings is 1. The highest BCUT2D eigenvalue weighted by Gasteiger charge is 2.19. The number of benzene rings is 1. The summed E-state index contributed by atoms with van der Waals surface area (Å²) in [5.41, 5.74) is 8.22. The predicted molar refractivity (Wildman–Crippen MR) is 71.8 cm³/mol. The zero-order valence-electron chi connectivity index (χ0n) is 10.9. The van der Waals surface area contributed by atoms with Gasteiger partial charge in [-0.2, -0.15) is 0 Å². The average Bonchev–Trinajstić information content (AvgIpc) is 2.39. The molecule has 1 fully saturated rings. The molecular formula is C14H23N3. The van der Waals surface area contributed by atoms with Gasteiger partial charge < -0.3 is 10.6 Å². The van der Waals surface area contributed by atoms with Crippen molar-refractivity contribution in [1.82, 2.24) is 9.80 Å². The third-order valence-corrected chi connectivity index (χ3v) is 3.78. The normalized spacial score (nSPS) is 20.4. The van der Waals surface area contributed by atoms with Crippen LogP contribution in [0, 0.1) is 0 Å². The highest BCUT2D eigenvalue weighted by atomic mass is 15.3. The van der Waals surface area contributed by atoms with Gasteiger partial charge in [-0.15, -0.1) is 0 Å². The molecule has 0 amide bonds. The molecule has 1 aromatic carbocycles. The van der Waals surface area contributed by atoms with E-state index in [1.54, 1.807) is 0 Å². The van der Waals surface area contributed by atoms with Crippen LogP contribution in [0.4, 0.5) is 0 Å². The van der Waals surface area contributed by atoms with Crippen molar-refractivity contribution in [2.24, 2.45) is 5.73 Å². The topological polar surface area (TPSA) is 32.5 Å². The van der Waals surface area contributed by atoms with Crippen LogP contribution in [-0.2, 0) is 6.54 Å². The Hall–Kier alpha value is -0.900. The van der Waals surface area contributed by atoms with Crippen LogP contribution in [0.3, 0.4) is 0 Å². The van der Waals surface area contributed by atoms with Crippen LogP contribution in [0.1, 0.15) is 24.1 Å². The third kappa shape index (κ3) is 3.06. The molecule has 1 heterocycles. The van der Waals surface area contributed by atoms with Gasteiger partial charge in [-0.3, -0.25) is 4.90 Å². The minimum absolute atomic E-state index is 0.510. The highest BCUT2D eigenvalue weighted by Crippen LogP contribution is 2.21. The highest BCUT2D eigenvalue weighted by molar-refractivity contribution is 5.24. The van der Waals surface area contributed by atoms with E-state index < -0.39 is 0 Å². The molecule has 1 saturated heterocycles. The Morgan fingerprint density at radius 2 is 1.71 bits per heavy atom. The zero-order chi connectivity index (χ0) is 12.3. The molecule has 0 radical (unpaired) electrons. The van der Waals surface area contributed by atoms with Gasteiger partial charge in [-0.05, 0) is 25.1 Å². The standard InChI is InChI=1S/C14H23N3/c1-12(17-9-7-16(2)8-10-17)14-5-3-13(11-15)4-6-14/h3-6,12H,7-11,15H2,1-2H3. The molecule has 0 bridgehead atoms. The average molecular weight is 233 g/mol. The fourth-order valence-corrected chi connectivity index (χ4v) is 2.35. The monoisotopic (exact) mass is 233 g/mol. The van der Waals surface area contributed by atoms with E-state index in [1.165, 1.54) is 24.2 Å². The van der Waals surface area contributed by atoms with Crippen LogP contribution in [0.5, 0.6) is 0 Å². The van der Waals surface area contributed by atoms with E-state index >= 15 is 0 Å². The molecule has 1 atom stereocenters. The first kappa shape index (κ1) is 12.6. The molecular weight excluding hydrogens is 210 g/mol. The van der Waals surface area contributed by atoms with Crippen LogP contribution < -0.4 is 5.73 Å². The van der Waals surface area contributed by atoms with Gasteiger partial charge in [0.05, 0.1) is 0 Å². The molecule has 3 nitrogen and oxygen atoms in total. The summed E-state index contributed by atoms with van der Waals surface area (Å²) in [7, 11) is 2.19. The Labute approximate surface area is 104 Å². The van der Waals surface area contributed by atoms with Crippen LogP contribution in [-0.4, -0.2) is 43.0 Å². The molecule has 0 spiro atoms. The summed E-state index contributed by atoms with van der Waals surface area (Å²) < 4.78 is 0. The summed E-state index contributed by atoms with van der Waals surface area (Å²) in [4.78, 5) is 4.94. The van der Waals surface area contributed by atoms with E-state index in [0.29, 0.717) is 12.6 Å². The molecule has 0 aliphatic carbocycles. The quantitative estimate of drug-likeness (QED) is 0.858. The Kier molecular flexibility index (Phi) is 4.15. The molecule has 17 heavy (non-hydrogen) atoms. The summed E-state index contributed by atoms with van der Waals surface area (Å²) in [5.74, 6) is 0. The van der Waals surface area contributed by atoms with Crippen molar-refractivity contribution in [2.45, 2.75) is 19.5 Å². The van der Waals surface area contributed by atoms with Gasteiger partial charge in [0.15, 0.2) is 0 Å². The molecule has 1 unspecified atom stereocenters. The van der Waals surface area contributed by atoms with Crippen molar-refractivity contribution < 1.29 is 0 Å². The number of nitrogens with zero attached hydrogens (tertiary/aromatic N) is 2. The SMILES string of the molecule is CC(c1ccc(CN)cc1)N1CCN(C)CC1. The largest absolute Gasteiger partial charge is 0.326 e. The van der Waals surface area contributed by atoms with Gasteiger partial charge in [-0.1, -0.05) is 24.3 Å². The third-order valence-electron chi connectivity index (χ3n) is 3.78. The predicted octanol–water partition coefficient (Wildman–Crippen LogP) is 1.45. The first-order chi connectivity index (χ1) is 8.20. The van der Waals surface area contributed by atoms with Crippen molar-refractivity contribution in [1.29, 1.82) is 0 Å². The molecule has 1 aromatic rings. The number of hydrogen-bond acceptors (Lipinski definition) is 3. The van der Waals surface area contributed by atoms with E-state index in [0.717, 1.165) is 13.1 Å².